The highest BCUT2D eigenvalue weighted by atomic mass is 16.2. The molecule has 1 fully saturated rings. The van der Waals surface area contributed by atoms with E-state index in [9.17, 15) is 4.79 Å². The van der Waals surface area contributed by atoms with E-state index >= 15 is 0 Å². The van der Waals surface area contributed by atoms with E-state index in [4.69, 9.17) is 0 Å². The first-order chi connectivity index (χ1) is 6.34. The van der Waals surface area contributed by atoms with E-state index in [1.165, 1.54) is 32.1 Å². The van der Waals surface area contributed by atoms with Gasteiger partial charge >= 0.3 is 0 Å². The summed E-state index contributed by atoms with van der Waals surface area (Å²) in [6.07, 6.45) is 8.68. The minimum Gasteiger partial charge on any atom is -0.356 e. The average molecular weight is 183 g/mol. The molecule has 13 heavy (non-hydrogen) atoms. The van der Waals surface area contributed by atoms with Crippen LogP contribution in [0.4, 0.5) is 0 Å². The summed E-state index contributed by atoms with van der Waals surface area (Å²) in [4.78, 5) is 11.2. The van der Waals surface area contributed by atoms with Crippen molar-refractivity contribution in [2.45, 2.75) is 51.9 Å². The topological polar surface area (TPSA) is 29.1 Å². The fourth-order valence-electron chi connectivity index (χ4n) is 1.91. The van der Waals surface area contributed by atoms with Gasteiger partial charge in [0.05, 0.1) is 0 Å². The summed E-state index contributed by atoms with van der Waals surface area (Å²) in [6.45, 7) is 3.13. The number of hydrogen-bond acceptors (Lipinski definition) is 1. The Balaban J connectivity index is 1.96. The van der Waals surface area contributed by atoms with Gasteiger partial charge in [0.1, 0.15) is 0 Å². The lowest BCUT2D eigenvalue weighted by Gasteiger charge is -2.05. The first kappa shape index (κ1) is 10.6. The van der Waals surface area contributed by atoms with Crippen LogP contribution in [0.1, 0.15) is 51.9 Å². The Labute approximate surface area is 81.1 Å². The molecule has 2 heteroatoms. The van der Waals surface area contributed by atoms with Crippen LogP contribution < -0.4 is 5.32 Å². The lowest BCUT2D eigenvalue weighted by molar-refractivity contribution is -0.122. The van der Waals surface area contributed by atoms with Crippen LogP contribution in [0.25, 0.3) is 0 Å². The summed E-state index contributed by atoms with van der Waals surface area (Å²) in [6, 6.07) is 0. The predicted octanol–water partition coefficient (Wildman–Crippen LogP) is 2.48. The Morgan fingerprint density at radius 1 is 1.31 bits per heavy atom. The number of hydrogen-bond donors (Lipinski definition) is 1. The van der Waals surface area contributed by atoms with Gasteiger partial charge in [0, 0.05) is 12.5 Å². The van der Waals surface area contributed by atoms with Gasteiger partial charge < -0.3 is 5.32 Å². The molecule has 0 radical (unpaired) electrons. The van der Waals surface area contributed by atoms with Crippen LogP contribution in [0.5, 0.6) is 0 Å². The average Bonchev–Trinajstić information content (AvgIpc) is 2.52. The number of carbonyl (C=O) groups excluding carboxylic acids is 1. The molecule has 0 bridgehead atoms. The molecular formula is C11H21NO. The molecule has 0 saturated carbocycles. The molecule has 1 saturated heterocycles. The lowest BCUT2D eigenvalue weighted by atomic mass is 9.99. The van der Waals surface area contributed by atoms with Gasteiger partial charge in [-0.1, -0.05) is 39.0 Å². The standard InChI is InChI=1S/C11H21NO/c1-2-3-4-5-6-7-10-8-9-12-11(10)13/h10H,2-9H2,1H3,(H,12,13). The van der Waals surface area contributed by atoms with Crippen LogP contribution in [0.15, 0.2) is 0 Å². The lowest BCUT2D eigenvalue weighted by Crippen LogP contribution is -2.18. The molecule has 1 atom stereocenters. The Bertz CT molecular complexity index is 156. The van der Waals surface area contributed by atoms with Crippen LogP contribution >= 0.6 is 0 Å². The quantitative estimate of drug-likeness (QED) is 0.630. The van der Waals surface area contributed by atoms with Crippen LogP contribution in [-0.2, 0) is 4.79 Å². The predicted molar refractivity (Wildman–Crippen MR) is 54.5 cm³/mol. The third-order valence-corrected chi connectivity index (χ3v) is 2.82. The van der Waals surface area contributed by atoms with Crippen molar-refractivity contribution >= 4 is 5.91 Å². The molecule has 1 heterocycles. The van der Waals surface area contributed by atoms with E-state index in [0.717, 1.165) is 19.4 Å². The second-order valence-corrected chi connectivity index (χ2v) is 3.98. The molecule has 76 valence electrons. The van der Waals surface area contributed by atoms with Gasteiger partial charge in [0.2, 0.25) is 5.91 Å². The van der Waals surface area contributed by atoms with Gasteiger partial charge in [-0.05, 0) is 12.8 Å². The van der Waals surface area contributed by atoms with Gasteiger partial charge in [-0.3, -0.25) is 4.79 Å². The molecule has 1 aliphatic heterocycles. The van der Waals surface area contributed by atoms with Crippen LogP contribution in [0, 0.1) is 5.92 Å². The Kier molecular flexibility index (Phi) is 4.87. The van der Waals surface area contributed by atoms with Crippen LogP contribution in [-0.4, -0.2) is 12.5 Å². The van der Waals surface area contributed by atoms with Crippen molar-refractivity contribution in [2.24, 2.45) is 5.92 Å². The van der Waals surface area contributed by atoms with E-state index in [1.807, 2.05) is 0 Å². The van der Waals surface area contributed by atoms with Crippen molar-refractivity contribution in [3.63, 3.8) is 0 Å². The molecule has 1 rings (SSSR count). The molecular weight excluding hydrogens is 162 g/mol. The first-order valence-electron chi connectivity index (χ1n) is 5.62. The number of rotatable bonds is 6. The molecule has 1 aliphatic rings. The van der Waals surface area contributed by atoms with Gasteiger partial charge in [-0.2, -0.15) is 0 Å². The molecule has 0 aromatic heterocycles. The summed E-state index contributed by atoms with van der Waals surface area (Å²) in [5, 5.41) is 2.88. The molecule has 0 spiro atoms. The van der Waals surface area contributed by atoms with Gasteiger partial charge in [-0.15, -0.1) is 0 Å². The number of carbonyl (C=O) groups is 1. The zero-order valence-corrected chi connectivity index (χ0v) is 8.64. The highest BCUT2D eigenvalue weighted by Gasteiger charge is 2.22. The molecule has 1 amide bonds. The Morgan fingerprint density at radius 3 is 2.69 bits per heavy atom. The molecule has 1 N–H and O–H groups in total. The van der Waals surface area contributed by atoms with Gasteiger partial charge in [0.15, 0.2) is 0 Å². The summed E-state index contributed by atoms with van der Waals surface area (Å²) in [5.41, 5.74) is 0. The molecule has 0 aromatic rings. The normalized spacial score (nSPS) is 21.9. The monoisotopic (exact) mass is 183 g/mol. The number of nitrogens with one attached hydrogen (secondary N) is 1. The maximum Gasteiger partial charge on any atom is 0.223 e. The van der Waals surface area contributed by atoms with Gasteiger partial charge in [0.25, 0.3) is 0 Å². The van der Waals surface area contributed by atoms with Crippen molar-refractivity contribution < 1.29 is 4.79 Å². The number of unbranched alkanes of at least 4 members (excludes halogenated alkanes) is 4. The molecule has 1 unspecified atom stereocenters. The van der Waals surface area contributed by atoms with E-state index in [0.29, 0.717) is 5.92 Å². The molecule has 2 nitrogen and oxygen atoms in total. The SMILES string of the molecule is CCCCCCCC1CCNC1=O. The molecule has 0 aliphatic carbocycles. The second-order valence-electron chi connectivity index (χ2n) is 3.98. The van der Waals surface area contributed by atoms with Gasteiger partial charge in [-0.25, -0.2) is 0 Å². The summed E-state index contributed by atoms with van der Waals surface area (Å²) >= 11 is 0. The van der Waals surface area contributed by atoms with Crippen molar-refractivity contribution in [1.29, 1.82) is 0 Å². The van der Waals surface area contributed by atoms with Crippen molar-refractivity contribution in [1.82, 2.24) is 5.32 Å². The van der Waals surface area contributed by atoms with E-state index in [-0.39, 0.29) is 5.91 Å². The second kappa shape index (κ2) is 6.01. The zero-order valence-electron chi connectivity index (χ0n) is 8.64. The fourth-order valence-corrected chi connectivity index (χ4v) is 1.91. The highest BCUT2D eigenvalue weighted by Crippen LogP contribution is 2.17. The summed E-state index contributed by atoms with van der Waals surface area (Å²) < 4.78 is 0. The summed E-state index contributed by atoms with van der Waals surface area (Å²) in [5.74, 6) is 0.622. The first-order valence-corrected chi connectivity index (χ1v) is 5.62. The zero-order chi connectivity index (χ0) is 9.52. The third-order valence-electron chi connectivity index (χ3n) is 2.82. The minimum absolute atomic E-state index is 0.287. The van der Waals surface area contributed by atoms with Crippen LogP contribution in [0.3, 0.4) is 0 Å². The Hall–Kier alpha value is -0.530. The number of amides is 1. The fraction of sp³-hybridized carbons (Fsp3) is 0.909. The molecule has 0 aromatic carbocycles. The maximum absolute atomic E-state index is 11.2. The van der Waals surface area contributed by atoms with Crippen LogP contribution in [0.2, 0.25) is 0 Å². The Morgan fingerprint density at radius 2 is 2.08 bits per heavy atom. The van der Waals surface area contributed by atoms with E-state index < -0.39 is 0 Å². The largest absolute Gasteiger partial charge is 0.356 e. The van der Waals surface area contributed by atoms with Crippen molar-refractivity contribution in [2.75, 3.05) is 6.54 Å². The maximum atomic E-state index is 11.2. The van der Waals surface area contributed by atoms with E-state index in [2.05, 4.69) is 12.2 Å². The van der Waals surface area contributed by atoms with Crippen molar-refractivity contribution in [3.05, 3.63) is 0 Å². The summed E-state index contributed by atoms with van der Waals surface area (Å²) in [7, 11) is 0. The third kappa shape index (κ3) is 3.79. The van der Waals surface area contributed by atoms with E-state index in [1.54, 1.807) is 0 Å². The highest BCUT2D eigenvalue weighted by molar-refractivity contribution is 5.80. The smallest absolute Gasteiger partial charge is 0.223 e. The minimum atomic E-state index is 0.287. The van der Waals surface area contributed by atoms with Crippen molar-refractivity contribution in [3.8, 4) is 0 Å².